The molecule has 0 spiro atoms. The summed E-state index contributed by atoms with van der Waals surface area (Å²) in [5.41, 5.74) is 3.39. The number of carbonyl (C=O) groups excluding carboxylic acids is 2. The number of hydrogen-bond acceptors (Lipinski definition) is 4. The maximum atomic E-state index is 13.4. The predicted octanol–water partition coefficient (Wildman–Crippen LogP) is 5.27. The fourth-order valence-corrected chi connectivity index (χ4v) is 4.70. The summed E-state index contributed by atoms with van der Waals surface area (Å²) in [5, 5.41) is 0.537. The molecule has 1 aliphatic heterocycles. The topological polar surface area (TPSA) is 53.1 Å². The molecule has 0 atom stereocenters. The number of benzene rings is 3. The Morgan fingerprint density at radius 2 is 1.68 bits per heavy atom. The van der Waals surface area contributed by atoms with Crippen molar-refractivity contribution < 1.29 is 14.3 Å². The summed E-state index contributed by atoms with van der Waals surface area (Å²) >= 11 is 6.16. The van der Waals surface area contributed by atoms with Gasteiger partial charge in [-0.3, -0.25) is 14.5 Å². The van der Waals surface area contributed by atoms with E-state index in [0.717, 1.165) is 42.1 Å². The van der Waals surface area contributed by atoms with Crippen LogP contribution in [-0.4, -0.2) is 79.4 Å². The second-order valence-corrected chi connectivity index (χ2v) is 9.84. The van der Waals surface area contributed by atoms with E-state index >= 15 is 0 Å². The molecule has 1 saturated heterocycles. The van der Waals surface area contributed by atoms with Crippen molar-refractivity contribution >= 4 is 29.5 Å². The van der Waals surface area contributed by atoms with Crippen molar-refractivity contribution in [2.75, 3.05) is 52.9 Å². The van der Waals surface area contributed by atoms with E-state index < -0.39 is 0 Å². The Morgan fingerprint density at radius 3 is 2.39 bits per heavy atom. The smallest absolute Gasteiger partial charge is 0.254 e. The lowest BCUT2D eigenvalue weighted by molar-refractivity contribution is 0.0609. The van der Waals surface area contributed by atoms with Crippen molar-refractivity contribution in [2.45, 2.75) is 6.92 Å². The third-order valence-electron chi connectivity index (χ3n) is 6.77. The molecule has 3 aromatic carbocycles. The maximum Gasteiger partial charge on any atom is 0.254 e. The Balaban J connectivity index is 1.37. The Morgan fingerprint density at radius 1 is 0.947 bits per heavy atom. The number of para-hydroxylation sites is 1. The van der Waals surface area contributed by atoms with E-state index in [0.29, 0.717) is 36.8 Å². The Labute approximate surface area is 230 Å². The second-order valence-electron chi connectivity index (χ2n) is 9.41. The van der Waals surface area contributed by atoms with Crippen molar-refractivity contribution in [2.24, 2.45) is 0 Å². The van der Waals surface area contributed by atoms with Crippen molar-refractivity contribution in [3.8, 4) is 5.75 Å². The van der Waals surface area contributed by atoms with Gasteiger partial charge in [-0.25, -0.2) is 0 Å². The number of hydrogen-bond donors (Lipinski definition) is 0. The van der Waals surface area contributed by atoms with Crippen molar-refractivity contribution in [1.29, 1.82) is 0 Å². The lowest BCUT2D eigenvalue weighted by Crippen LogP contribution is -2.50. The molecule has 0 saturated carbocycles. The number of nitrogens with zero attached hydrogens (tertiary/aromatic N) is 3. The highest BCUT2D eigenvalue weighted by Gasteiger charge is 2.23. The number of ether oxygens (including phenoxy) is 1. The quantitative estimate of drug-likeness (QED) is 0.377. The largest absolute Gasteiger partial charge is 0.496 e. The van der Waals surface area contributed by atoms with Gasteiger partial charge in [0.25, 0.3) is 11.8 Å². The molecule has 1 aliphatic rings. The van der Waals surface area contributed by atoms with Crippen LogP contribution in [0.4, 0.5) is 0 Å². The number of piperazine rings is 1. The Hall–Kier alpha value is -3.61. The SMILES string of the molecule is COc1ccccc1/C=C/CN(CCN1CCN(C(=O)c2ccc(C)cc2)CC1)C(=O)c1cccc(Cl)c1. The molecule has 0 radical (unpaired) electrons. The number of rotatable bonds is 9. The zero-order chi connectivity index (χ0) is 26.9. The first-order valence-corrected chi connectivity index (χ1v) is 13.2. The molecule has 1 fully saturated rings. The zero-order valence-corrected chi connectivity index (χ0v) is 22.7. The molecule has 1 heterocycles. The van der Waals surface area contributed by atoms with Gasteiger partial charge in [-0.1, -0.05) is 65.7 Å². The minimum Gasteiger partial charge on any atom is -0.496 e. The van der Waals surface area contributed by atoms with E-state index in [2.05, 4.69) is 4.90 Å². The van der Waals surface area contributed by atoms with Crippen LogP contribution in [0.5, 0.6) is 5.75 Å². The average Bonchev–Trinajstić information content (AvgIpc) is 2.95. The van der Waals surface area contributed by atoms with E-state index in [1.807, 2.05) is 77.4 Å². The molecule has 0 aromatic heterocycles. The molecule has 2 amide bonds. The summed E-state index contributed by atoms with van der Waals surface area (Å²) in [6.45, 7) is 6.64. The normalized spacial score (nSPS) is 14.0. The van der Waals surface area contributed by atoms with Gasteiger partial charge in [-0.15, -0.1) is 0 Å². The van der Waals surface area contributed by atoms with E-state index in [9.17, 15) is 9.59 Å². The van der Waals surface area contributed by atoms with Gasteiger partial charge in [0, 0.05) is 67.5 Å². The molecular weight excluding hydrogens is 498 g/mol. The van der Waals surface area contributed by atoms with Crippen LogP contribution in [0.15, 0.2) is 78.9 Å². The average molecular weight is 532 g/mol. The number of amides is 2. The van der Waals surface area contributed by atoms with Gasteiger partial charge in [0.05, 0.1) is 7.11 Å². The molecule has 0 unspecified atom stereocenters. The number of aryl methyl sites for hydroxylation is 1. The number of methoxy groups -OCH3 is 1. The maximum absolute atomic E-state index is 13.4. The molecule has 0 N–H and O–H groups in total. The van der Waals surface area contributed by atoms with Gasteiger partial charge in [-0.2, -0.15) is 0 Å². The number of halogens is 1. The minimum absolute atomic E-state index is 0.0645. The van der Waals surface area contributed by atoms with E-state index in [4.69, 9.17) is 16.3 Å². The van der Waals surface area contributed by atoms with Gasteiger partial charge in [0.15, 0.2) is 0 Å². The summed E-state index contributed by atoms with van der Waals surface area (Å²) in [6, 6.07) is 22.6. The highest BCUT2D eigenvalue weighted by Crippen LogP contribution is 2.19. The summed E-state index contributed by atoms with van der Waals surface area (Å²) in [6.07, 6.45) is 3.96. The van der Waals surface area contributed by atoms with Gasteiger partial charge in [0.1, 0.15) is 5.75 Å². The van der Waals surface area contributed by atoms with Crippen LogP contribution in [0.25, 0.3) is 6.08 Å². The molecule has 3 aromatic rings. The van der Waals surface area contributed by atoms with Gasteiger partial charge < -0.3 is 14.5 Å². The van der Waals surface area contributed by atoms with Crippen LogP contribution in [0, 0.1) is 6.92 Å². The number of carbonyl (C=O) groups is 2. The van der Waals surface area contributed by atoms with Crippen molar-refractivity contribution in [3.63, 3.8) is 0 Å². The zero-order valence-electron chi connectivity index (χ0n) is 22.0. The standard InChI is InChI=1S/C31H34ClN3O3/c1-24-12-14-26(15-13-24)30(36)35-21-18-33(19-22-35)17-20-34(31(37)27-8-5-10-28(32)23-27)16-6-9-25-7-3-4-11-29(25)38-2/h3-15,23H,16-22H2,1-2H3/b9-6+. The van der Waals surface area contributed by atoms with Crippen LogP contribution >= 0.6 is 11.6 Å². The third kappa shape index (κ3) is 7.24. The van der Waals surface area contributed by atoms with Crippen LogP contribution in [-0.2, 0) is 0 Å². The molecule has 0 aliphatic carbocycles. The molecule has 7 heteroatoms. The Kier molecular flexibility index (Phi) is 9.57. The summed E-state index contributed by atoms with van der Waals surface area (Å²) < 4.78 is 5.44. The van der Waals surface area contributed by atoms with Crippen molar-refractivity contribution in [1.82, 2.24) is 14.7 Å². The molecule has 4 rings (SSSR count). The second kappa shape index (κ2) is 13.3. The molecular formula is C31H34ClN3O3. The first-order valence-electron chi connectivity index (χ1n) is 12.9. The monoisotopic (exact) mass is 531 g/mol. The predicted molar refractivity (Wildman–Crippen MR) is 153 cm³/mol. The summed E-state index contributed by atoms with van der Waals surface area (Å²) in [4.78, 5) is 32.3. The molecule has 0 bridgehead atoms. The van der Waals surface area contributed by atoms with E-state index in [1.165, 1.54) is 0 Å². The van der Waals surface area contributed by atoms with E-state index in [-0.39, 0.29) is 11.8 Å². The van der Waals surface area contributed by atoms with Crippen LogP contribution in [0.2, 0.25) is 5.02 Å². The lowest BCUT2D eigenvalue weighted by atomic mass is 10.1. The molecule has 6 nitrogen and oxygen atoms in total. The summed E-state index contributed by atoms with van der Waals surface area (Å²) in [5.74, 6) is 0.795. The van der Waals surface area contributed by atoms with Crippen molar-refractivity contribution in [3.05, 3.63) is 106 Å². The van der Waals surface area contributed by atoms with Crippen LogP contribution in [0.3, 0.4) is 0 Å². The fourth-order valence-electron chi connectivity index (χ4n) is 4.51. The van der Waals surface area contributed by atoms with Gasteiger partial charge in [-0.05, 0) is 43.3 Å². The minimum atomic E-state index is -0.0645. The van der Waals surface area contributed by atoms with E-state index in [1.54, 1.807) is 31.4 Å². The van der Waals surface area contributed by atoms with Crippen LogP contribution in [0.1, 0.15) is 31.8 Å². The highest BCUT2D eigenvalue weighted by atomic mass is 35.5. The lowest BCUT2D eigenvalue weighted by Gasteiger charge is -2.36. The first kappa shape index (κ1) is 27.4. The Bertz CT molecular complexity index is 1270. The molecule has 38 heavy (non-hydrogen) atoms. The van der Waals surface area contributed by atoms with Gasteiger partial charge >= 0.3 is 0 Å². The van der Waals surface area contributed by atoms with Gasteiger partial charge in [0.2, 0.25) is 0 Å². The first-order chi connectivity index (χ1) is 18.4. The third-order valence-corrected chi connectivity index (χ3v) is 7.00. The van der Waals surface area contributed by atoms with Crippen LogP contribution < -0.4 is 4.74 Å². The fraction of sp³-hybridized carbons (Fsp3) is 0.290. The summed E-state index contributed by atoms with van der Waals surface area (Å²) in [7, 11) is 1.65. The molecule has 198 valence electrons. The highest BCUT2D eigenvalue weighted by molar-refractivity contribution is 6.30.